The molecule has 4 fully saturated rings. The van der Waals surface area contributed by atoms with Crippen LogP contribution in [0.4, 0.5) is 0 Å². The van der Waals surface area contributed by atoms with Gasteiger partial charge in [0.25, 0.3) is 0 Å². The van der Waals surface area contributed by atoms with E-state index in [1.54, 1.807) is 14.0 Å². The summed E-state index contributed by atoms with van der Waals surface area (Å²) >= 11 is 0. The SMILES string of the molecule is COc1cccc2c1C13CCN(CC4CC4)C(C2)C12CCC3C(O)(N(Cc1ccccc1)C(C)=O)CC2. The molecule has 4 aliphatic carbocycles. The number of likely N-dealkylation sites (tertiary alicyclic amines) is 1. The van der Waals surface area contributed by atoms with Gasteiger partial charge in [0.15, 0.2) is 0 Å². The van der Waals surface area contributed by atoms with Gasteiger partial charge in [-0.3, -0.25) is 9.69 Å². The Morgan fingerprint density at radius 1 is 1.05 bits per heavy atom. The van der Waals surface area contributed by atoms with Crippen LogP contribution < -0.4 is 4.74 Å². The van der Waals surface area contributed by atoms with Gasteiger partial charge in [-0.15, -0.1) is 0 Å². The number of methoxy groups -OCH3 is 1. The predicted molar refractivity (Wildman–Crippen MR) is 143 cm³/mol. The number of nitrogens with zero attached hydrogens (tertiary/aromatic N) is 2. The minimum Gasteiger partial charge on any atom is -0.496 e. The Kier molecular flexibility index (Phi) is 5.33. The molecule has 196 valence electrons. The van der Waals surface area contributed by atoms with Crippen LogP contribution in [0, 0.1) is 17.3 Å². The van der Waals surface area contributed by atoms with Crippen molar-refractivity contribution in [3.8, 4) is 5.75 Å². The zero-order valence-corrected chi connectivity index (χ0v) is 22.3. The van der Waals surface area contributed by atoms with Crippen molar-refractivity contribution < 1.29 is 14.6 Å². The van der Waals surface area contributed by atoms with Crippen molar-refractivity contribution in [2.45, 2.75) is 82.0 Å². The molecule has 5 atom stereocenters. The minimum atomic E-state index is -1.17. The van der Waals surface area contributed by atoms with Gasteiger partial charge < -0.3 is 14.7 Å². The van der Waals surface area contributed by atoms with Crippen LogP contribution in [0.1, 0.15) is 68.6 Å². The molecule has 5 nitrogen and oxygen atoms in total. The number of ether oxygens (including phenoxy) is 1. The summed E-state index contributed by atoms with van der Waals surface area (Å²) in [6, 6.07) is 17.2. The summed E-state index contributed by atoms with van der Waals surface area (Å²) < 4.78 is 6.07. The van der Waals surface area contributed by atoms with Gasteiger partial charge >= 0.3 is 0 Å². The average Bonchev–Trinajstić information content (AvgIpc) is 3.67. The quantitative estimate of drug-likeness (QED) is 0.573. The topological polar surface area (TPSA) is 53.0 Å². The maximum Gasteiger partial charge on any atom is 0.222 e. The standard InChI is InChI=1S/C32H40N2O3/c1-22(35)34(21-23-7-4-3-5-8-23)32(36)16-15-30-14-13-27(32)31(30)17-18-33(20-24-11-12-24)28(30)19-25-9-6-10-26(37-2)29(25)31/h3-10,24,27-28,36H,11-21H2,1-2H3. The van der Waals surface area contributed by atoms with Crippen LogP contribution in [0.3, 0.4) is 0 Å². The lowest BCUT2D eigenvalue weighted by Gasteiger charge is -2.68. The Hall–Kier alpha value is -2.37. The Morgan fingerprint density at radius 3 is 2.59 bits per heavy atom. The van der Waals surface area contributed by atoms with Gasteiger partial charge in [-0.05, 0) is 86.4 Å². The molecular weight excluding hydrogens is 460 g/mol. The highest BCUT2D eigenvalue weighted by atomic mass is 16.5. The minimum absolute atomic E-state index is 0.00212. The third-order valence-electron chi connectivity index (χ3n) is 11.1. The van der Waals surface area contributed by atoms with Crippen molar-refractivity contribution in [3.63, 3.8) is 0 Å². The number of aliphatic hydroxyl groups is 1. The maximum absolute atomic E-state index is 13.2. The highest BCUT2D eigenvalue weighted by Gasteiger charge is 2.75. The molecule has 0 aromatic heterocycles. The molecule has 1 heterocycles. The molecular formula is C32H40N2O3. The fraction of sp³-hybridized carbons (Fsp3) is 0.594. The third-order valence-corrected chi connectivity index (χ3v) is 11.1. The maximum atomic E-state index is 13.2. The average molecular weight is 501 g/mol. The van der Waals surface area contributed by atoms with E-state index in [1.807, 2.05) is 23.1 Å². The summed E-state index contributed by atoms with van der Waals surface area (Å²) in [5, 5.41) is 12.8. The molecule has 5 heteroatoms. The summed E-state index contributed by atoms with van der Waals surface area (Å²) in [7, 11) is 1.79. The van der Waals surface area contributed by atoms with Crippen LogP contribution in [0.5, 0.6) is 5.75 Å². The zero-order chi connectivity index (χ0) is 25.4. The van der Waals surface area contributed by atoms with Crippen molar-refractivity contribution in [1.29, 1.82) is 0 Å². The van der Waals surface area contributed by atoms with Crippen molar-refractivity contribution in [2.24, 2.45) is 17.3 Å². The van der Waals surface area contributed by atoms with Gasteiger partial charge in [0, 0.05) is 43.0 Å². The fourth-order valence-electron chi connectivity index (χ4n) is 9.62. The Morgan fingerprint density at radius 2 is 1.86 bits per heavy atom. The highest BCUT2D eigenvalue weighted by molar-refractivity contribution is 5.74. The second kappa shape index (κ2) is 8.31. The van der Waals surface area contributed by atoms with Gasteiger partial charge in [-0.25, -0.2) is 0 Å². The summed E-state index contributed by atoms with van der Waals surface area (Å²) in [4.78, 5) is 17.9. The molecule has 0 radical (unpaired) electrons. The number of rotatable bonds is 6. The number of piperidine rings is 1. The number of amides is 1. The molecule has 1 amide bonds. The van der Waals surface area contributed by atoms with E-state index >= 15 is 0 Å². The van der Waals surface area contributed by atoms with E-state index < -0.39 is 5.72 Å². The monoisotopic (exact) mass is 500 g/mol. The second-order valence-corrected chi connectivity index (χ2v) is 12.6. The first-order valence-electron chi connectivity index (χ1n) is 14.4. The second-order valence-electron chi connectivity index (χ2n) is 12.6. The molecule has 3 saturated carbocycles. The van der Waals surface area contributed by atoms with Gasteiger partial charge in [0.05, 0.1) is 7.11 Å². The summed E-state index contributed by atoms with van der Waals surface area (Å²) in [5.41, 5.74) is 2.61. The lowest BCUT2D eigenvalue weighted by Crippen LogP contribution is -2.73. The number of hydrogen-bond acceptors (Lipinski definition) is 4. The van der Waals surface area contributed by atoms with Crippen LogP contribution in [0.25, 0.3) is 0 Å². The number of benzene rings is 2. The van der Waals surface area contributed by atoms with Crippen LogP contribution >= 0.6 is 0 Å². The van der Waals surface area contributed by atoms with E-state index in [2.05, 4.69) is 35.2 Å². The number of carbonyl (C=O) groups excluding carboxylic acids is 1. The smallest absolute Gasteiger partial charge is 0.222 e. The molecule has 4 bridgehead atoms. The lowest BCUT2D eigenvalue weighted by atomic mass is 9.42. The first-order chi connectivity index (χ1) is 17.9. The van der Waals surface area contributed by atoms with Crippen molar-refractivity contribution >= 4 is 5.91 Å². The predicted octanol–water partition coefficient (Wildman–Crippen LogP) is 4.90. The van der Waals surface area contributed by atoms with Crippen LogP contribution in [0.2, 0.25) is 0 Å². The molecule has 0 spiro atoms. The number of fused-ring (bicyclic) bond motifs is 1. The van der Waals surface area contributed by atoms with Gasteiger partial charge in [0.1, 0.15) is 11.5 Å². The molecule has 1 N–H and O–H groups in total. The van der Waals surface area contributed by atoms with E-state index in [0.29, 0.717) is 19.0 Å². The van der Waals surface area contributed by atoms with Crippen molar-refractivity contribution in [3.05, 3.63) is 65.2 Å². The normalized spacial score (nSPS) is 36.0. The van der Waals surface area contributed by atoms with Crippen LogP contribution in [0.15, 0.2) is 48.5 Å². The Balaban J connectivity index is 1.38. The lowest BCUT2D eigenvalue weighted by molar-refractivity contribution is -0.224. The van der Waals surface area contributed by atoms with Crippen LogP contribution in [-0.4, -0.2) is 52.8 Å². The van der Waals surface area contributed by atoms with E-state index in [4.69, 9.17) is 4.74 Å². The molecule has 2 aromatic carbocycles. The largest absolute Gasteiger partial charge is 0.496 e. The molecule has 37 heavy (non-hydrogen) atoms. The molecule has 2 aromatic rings. The zero-order valence-electron chi connectivity index (χ0n) is 22.3. The van der Waals surface area contributed by atoms with Crippen molar-refractivity contribution in [1.82, 2.24) is 9.80 Å². The van der Waals surface area contributed by atoms with E-state index in [0.717, 1.165) is 55.9 Å². The number of carbonyl (C=O) groups is 1. The molecule has 7 rings (SSSR count). The van der Waals surface area contributed by atoms with E-state index in [-0.39, 0.29) is 22.7 Å². The van der Waals surface area contributed by atoms with Gasteiger partial charge in [-0.1, -0.05) is 42.5 Å². The fourth-order valence-corrected chi connectivity index (χ4v) is 9.62. The van der Waals surface area contributed by atoms with E-state index in [9.17, 15) is 9.90 Å². The van der Waals surface area contributed by atoms with Gasteiger partial charge in [0.2, 0.25) is 5.91 Å². The third kappa shape index (κ3) is 3.19. The number of hydrogen-bond donors (Lipinski definition) is 1. The molecule has 1 aliphatic heterocycles. The Bertz CT molecular complexity index is 1210. The summed E-state index contributed by atoms with van der Waals surface area (Å²) in [6.07, 6.45) is 8.56. The first kappa shape index (κ1) is 23.7. The first-order valence-corrected chi connectivity index (χ1v) is 14.4. The van der Waals surface area contributed by atoms with Gasteiger partial charge in [-0.2, -0.15) is 0 Å². The van der Waals surface area contributed by atoms with Crippen molar-refractivity contribution in [2.75, 3.05) is 20.2 Å². The van der Waals surface area contributed by atoms with E-state index in [1.165, 1.54) is 30.5 Å². The molecule has 5 unspecified atom stereocenters. The Labute approximate surface area is 220 Å². The molecule has 1 saturated heterocycles. The summed E-state index contributed by atoms with van der Waals surface area (Å²) in [6.45, 7) is 4.38. The van der Waals surface area contributed by atoms with Crippen LogP contribution in [-0.2, 0) is 23.2 Å². The highest BCUT2D eigenvalue weighted by Crippen LogP contribution is 2.75. The molecule has 5 aliphatic rings. The summed E-state index contributed by atoms with van der Waals surface area (Å²) in [5.74, 6) is 1.81.